The lowest BCUT2D eigenvalue weighted by Crippen LogP contribution is -2.46. The zero-order valence-electron chi connectivity index (χ0n) is 24.2. The van der Waals surface area contributed by atoms with Gasteiger partial charge in [0.15, 0.2) is 0 Å². The van der Waals surface area contributed by atoms with E-state index in [9.17, 15) is 9.59 Å². The summed E-state index contributed by atoms with van der Waals surface area (Å²) in [6, 6.07) is 11.2. The molecule has 2 aliphatic heterocycles. The highest BCUT2D eigenvalue weighted by atomic mass is 16.5. The van der Waals surface area contributed by atoms with Crippen molar-refractivity contribution in [3.8, 4) is 11.5 Å². The Bertz CT molecular complexity index is 1420. The Morgan fingerprint density at radius 2 is 1.76 bits per heavy atom. The second-order valence-corrected chi connectivity index (χ2v) is 10.4. The normalized spacial score (nSPS) is 15.9. The van der Waals surface area contributed by atoms with E-state index in [0.29, 0.717) is 46.2 Å². The van der Waals surface area contributed by atoms with Crippen LogP contribution >= 0.6 is 0 Å². The summed E-state index contributed by atoms with van der Waals surface area (Å²) in [6.45, 7) is 7.21. The fourth-order valence-electron chi connectivity index (χ4n) is 5.44. The van der Waals surface area contributed by atoms with Gasteiger partial charge in [0.1, 0.15) is 17.3 Å². The minimum atomic E-state index is -0.241. The number of urea groups is 1. The first-order valence-corrected chi connectivity index (χ1v) is 13.8. The molecule has 3 aromatic rings. The Hall–Kier alpha value is -4.38. The number of hydrogen-bond donors (Lipinski definition) is 2. The molecule has 2 aromatic carbocycles. The van der Waals surface area contributed by atoms with Gasteiger partial charge >= 0.3 is 6.03 Å². The van der Waals surface area contributed by atoms with Gasteiger partial charge in [-0.1, -0.05) is 13.0 Å². The van der Waals surface area contributed by atoms with E-state index in [-0.39, 0.29) is 18.5 Å². The molecule has 1 saturated heterocycles. The molecule has 216 valence electrons. The van der Waals surface area contributed by atoms with E-state index in [2.05, 4.69) is 38.5 Å². The average Bonchev–Trinajstić information content (AvgIpc) is 2.99. The van der Waals surface area contributed by atoms with E-state index in [4.69, 9.17) is 9.47 Å². The summed E-state index contributed by atoms with van der Waals surface area (Å²) in [5.41, 5.74) is 4.00. The highest BCUT2D eigenvalue weighted by Crippen LogP contribution is 2.36. The Balaban J connectivity index is 1.39. The molecule has 0 atom stereocenters. The van der Waals surface area contributed by atoms with Gasteiger partial charge in [0, 0.05) is 43.9 Å². The molecule has 2 N–H and O–H groups in total. The quantitative estimate of drug-likeness (QED) is 0.398. The number of anilines is 5. The summed E-state index contributed by atoms with van der Waals surface area (Å²) in [7, 11) is 4.82. The van der Waals surface area contributed by atoms with Gasteiger partial charge in [-0.15, -0.1) is 0 Å². The van der Waals surface area contributed by atoms with Crippen LogP contribution in [-0.4, -0.2) is 67.7 Å². The maximum atomic E-state index is 13.4. The van der Waals surface area contributed by atoms with E-state index < -0.39 is 0 Å². The second-order valence-electron chi connectivity index (χ2n) is 10.4. The highest BCUT2D eigenvalue weighted by molar-refractivity contribution is 6.05. The van der Waals surface area contributed by atoms with Crippen molar-refractivity contribution in [3.05, 3.63) is 53.7 Å². The number of carbonyl (C=O) groups is 2. The minimum Gasteiger partial charge on any atom is -0.497 e. The predicted octanol–water partition coefficient (Wildman–Crippen LogP) is 4.97. The summed E-state index contributed by atoms with van der Waals surface area (Å²) in [4.78, 5) is 40.2. The van der Waals surface area contributed by atoms with Crippen LogP contribution in [0.5, 0.6) is 11.5 Å². The van der Waals surface area contributed by atoms with Gasteiger partial charge in [0.2, 0.25) is 11.9 Å². The van der Waals surface area contributed by atoms with Crippen molar-refractivity contribution < 1.29 is 19.1 Å². The standard InChI is InChI=1S/C30H37N7O4/c1-6-36-11-9-20(10-12-36)21-7-8-26(27(13-21)32-19(2)38)33-29-31-17-22-18-37(30(39)35(3)28(22)34-29)23-14-24(40-4)16-25(15-23)41-5/h7-8,13-17,20H,6,9-12,18H2,1-5H3,(H,32,38)(H,31,33,34). The lowest BCUT2D eigenvalue weighted by Gasteiger charge is -2.34. The van der Waals surface area contributed by atoms with Crippen molar-refractivity contribution in [2.24, 2.45) is 0 Å². The lowest BCUT2D eigenvalue weighted by atomic mass is 9.89. The van der Waals surface area contributed by atoms with Gasteiger partial charge in [0.05, 0.1) is 37.8 Å². The molecule has 0 aliphatic carbocycles. The van der Waals surface area contributed by atoms with Crippen LogP contribution in [0.2, 0.25) is 0 Å². The average molecular weight is 560 g/mol. The number of hydrogen-bond acceptors (Lipinski definition) is 8. The van der Waals surface area contributed by atoms with Crippen molar-refractivity contribution in [3.63, 3.8) is 0 Å². The number of benzene rings is 2. The van der Waals surface area contributed by atoms with Crippen LogP contribution in [0.15, 0.2) is 42.6 Å². The summed E-state index contributed by atoms with van der Waals surface area (Å²) in [5, 5.41) is 6.21. The molecular formula is C30H37N7O4. The third-order valence-electron chi connectivity index (χ3n) is 7.76. The number of piperidine rings is 1. The van der Waals surface area contributed by atoms with Crippen molar-refractivity contribution in [2.75, 3.05) is 61.3 Å². The monoisotopic (exact) mass is 559 g/mol. The van der Waals surface area contributed by atoms with Crippen LogP contribution in [0.1, 0.15) is 43.7 Å². The van der Waals surface area contributed by atoms with Gasteiger partial charge in [-0.05, 0) is 56.1 Å². The first-order chi connectivity index (χ1) is 19.8. The molecule has 11 heteroatoms. The van der Waals surface area contributed by atoms with Crippen molar-refractivity contribution in [2.45, 2.75) is 39.2 Å². The molecule has 3 heterocycles. The first-order valence-electron chi connectivity index (χ1n) is 13.8. The molecule has 1 fully saturated rings. The number of nitrogens with one attached hydrogen (secondary N) is 2. The molecule has 5 rings (SSSR count). The minimum absolute atomic E-state index is 0.156. The van der Waals surface area contributed by atoms with Crippen molar-refractivity contribution in [1.29, 1.82) is 0 Å². The van der Waals surface area contributed by atoms with E-state index >= 15 is 0 Å². The van der Waals surface area contributed by atoms with E-state index in [1.807, 2.05) is 12.1 Å². The molecule has 0 unspecified atom stereocenters. The van der Waals surface area contributed by atoms with Gasteiger partial charge in [-0.2, -0.15) is 4.98 Å². The summed E-state index contributed by atoms with van der Waals surface area (Å²) < 4.78 is 10.8. The fraction of sp³-hybridized carbons (Fsp3) is 0.400. The van der Waals surface area contributed by atoms with Crippen molar-refractivity contribution >= 4 is 40.8 Å². The number of amides is 3. The van der Waals surface area contributed by atoms with Gasteiger partial charge in [-0.25, -0.2) is 9.78 Å². The molecule has 0 radical (unpaired) electrons. The number of aromatic nitrogens is 2. The van der Waals surface area contributed by atoms with E-state index in [1.54, 1.807) is 50.6 Å². The topological polar surface area (TPSA) is 112 Å². The first kappa shape index (κ1) is 28.2. The molecule has 41 heavy (non-hydrogen) atoms. The molecule has 0 saturated carbocycles. The number of likely N-dealkylation sites (tertiary alicyclic amines) is 1. The lowest BCUT2D eigenvalue weighted by molar-refractivity contribution is -0.114. The third kappa shape index (κ3) is 6.04. The van der Waals surface area contributed by atoms with Crippen LogP contribution in [0.25, 0.3) is 0 Å². The number of rotatable bonds is 8. The predicted molar refractivity (Wildman–Crippen MR) is 160 cm³/mol. The largest absolute Gasteiger partial charge is 0.497 e. The smallest absolute Gasteiger partial charge is 0.330 e. The molecule has 1 aromatic heterocycles. The second kappa shape index (κ2) is 12.0. The summed E-state index contributed by atoms with van der Waals surface area (Å²) in [6.07, 6.45) is 3.90. The molecule has 2 aliphatic rings. The maximum absolute atomic E-state index is 13.4. The van der Waals surface area contributed by atoms with E-state index in [1.165, 1.54) is 17.4 Å². The van der Waals surface area contributed by atoms with Crippen molar-refractivity contribution in [1.82, 2.24) is 14.9 Å². The Morgan fingerprint density at radius 3 is 2.39 bits per heavy atom. The summed E-state index contributed by atoms with van der Waals surface area (Å²) >= 11 is 0. The third-order valence-corrected chi connectivity index (χ3v) is 7.76. The molecule has 3 amide bonds. The molecule has 0 bridgehead atoms. The maximum Gasteiger partial charge on any atom is 0.330 e. The fourth-order valence-corrected chi connectivity index (χ4v) is 5.44. The van der Waals surface area contributed by atoms with Crippen LogP contribution < -0.4 is 29.9 Å². The van der Waals surface area contributed by atoms with E-state index in [0.717, 1.165) is 38.0 Å². The van der Waals surface area contributed by atoms with Crippen LogP contribution in [0, 0.1) is 0 Å². The molecule has 0 spiro atoms. The zero-order valence-corrected chi connectivity index (χ0v) is 24.2. The zero-order chi connectivity index (χ0) is 29.1. The number of nitrogens with zero attached hydrogens (tertiary/aromatic N) is 5. The molecule has 11 nitrogen and oxygen atoms in total. The van der Waals surface area contributed by atoms with Gasteiger partial charge < -0.3 is 25.0 Å². The van der Waals surface area contributed by atoms with Crippen LogP contribution in [0.4, 0.5) is 33.6 Å². The Labute approximate surface area is 240 Å². The number of ether oxygens (including phenoxy) is 2. The number of methoxy groups -OCH3 is 2. The van der Waals surface area contributed by atoms with Crippen LogP contribution in [-0.2, 0) is 11.3 Å². The number of fused-ring (bicyclic) bond motifs is 1. The SMILES string of the molecule is CCN1CCC(c2ccc(Nc3ncc4c(n3)N(C)C(=O)N(c3cc(OC)cc(OC)c3)C4)c(NC(C)=O)c2)CC1. The van der Waals surface area contributed by atoms with Crippen LogP contribution in [0.3, 0.4) is 0 Å². The Morgan fingerprint density at radius 1 is 1.05 bits per heavy atom. The van der Waals surface area contributed by atoms with Gasteiger partial charge in [0.25, 0.3) is 0 Å². The Kier molecular flexibility index (Phi) is 8.25. The summed E-state index contributed by atoms with van der Waals surface area (Å²) in [5.74, 6) is 2.31. The molecular weight excluding hydrogens is 522 g/mol. The number of carbonyl (C=O) groups excluding carboxylic acids is 2. The highest BCUT2D eigenvalue weighted by Gasteiger charge is 2.31. The van der Waals surface area contributed by atoms with Gasteiger partial charge in [-0.3, -0.25) is 14.6 Å².